The summed E-state index contributed by atoms with van der Waals surface area (Å²) in [5.41, 5.74) is 0.637. The number of carbonyl (C=O) groups excluding carboxylic acids is 2. The molecule has 1 heterocycles. The average molecular weight is 388 g/mol. The monoisotopic (exact) mass is 388 g/mol. The van der Waals surface area contributed by atoms with Crippen LogP contribution in [0.1, 0.15) is 19.8 Å². The Labute approximate surface area is 131 Å². The van der Waals surface area contributed by atoms with Crippen molar-refractivity contribution < 1.29 is 14.3 Å². The topological polar surface area (TPSA) is 67.4 Å². The van der Waals surface area contributed by atoms with E-state index in [0.717, 1.165) is 23.0 Å². The summed E-state index contributed by atoms with van der Waals surface area (Å²) in [6, 6.07) is 7.15. The summed E-state index contributed by atoms with van der Waals surface area (Å²) in [6.45, 7) is 2.58. The van der Waals surface area contributed by atoms with Gasteiger partial charge in [-0.25, -0.2) is 0 Å². The Hall–Kier alpha value is -1.15. The van der Waals surface area contributed by atoms with Crippen LogP contribution in [-0.2, 0) is 14.3 Å². The van der Waals surface area contributed by atoms with Gasteiger partial charge in [0.25, 0.3) is 0 Å². The van der Waals surface area contributed by atoms with E-state index >= 15 is 0 Å². The van der Waals surface area contributed by atoms with Crippen molar-refractivity contribution in [3.63, 3.8) is 0 Å². The lowest BCUT2D eigenvalue weighted by molar-refractivity contribution is -0.137. The number of nitrogens with one attached hydrogen (secondary N) is 2. The van der Waals surface area contributed by atoms with Crippen LogP contribution in [0.25, 0.3) is 0 Å². The molecule has 0 saturated carbocycles. The van der Waals surface area contributed by atoms with Gasteiger partial charge in [0.15, 0.2) is 0 Å². The van der Waals surface area contributed by atoms with Crippen LogP contribution in [0.15, 0.2) is 24.3 Å². The summed E-state index contributed by atoms with van der Waals surface area (Å²) in [5.74, 6) is -1.29. The van der Waals surface area contributed by atoms with Gasteiger partial charge < -0.3 is 15.4 Å². The van der Waals surface area contributed by atoms with E-state index in [1.807, 2.05) is 25.1 Å². The highest BCUT2D eigenvalue weighted by Crippen LogP contribution is 2.17. The fourth-order valence-corrected chi connectivity index (χ4v) is 2.63. The van der Waals surface area contributed by atoms with Crippen molar-refractivity contribution in [3.05, 3.63) is 27.8 Å². The molecule has 20 heavy (non-hydrogen) atoms. The van der Waals surface area contributed by atoms with Gasteiger partial charge >= 0.3 is 11.8 Å². The van der Waals surface area contributed by atoms with E-state index in [2.05, 4.69) is 33.2 Å². The first-order chi connectivity index (χ1) is 9.58. The zero-order chi connectivity index (χ0) is 14.5. The lowest BCUT2D eigenvalue weighted by atomic mass is 10.1. The fraction of sp³-hybridized carbons (Fsp3) is 0.429. The minimum atomic E-state index is -0.654. The highest BCUT2D eigenvalue weighted by Gasteiger charge is 2.25. The van der Waals surface area contributed by atoms with E-state index < -0.39 is 11.8 Å². The molecular formula is C14H17IN2O3. The molecule has 1 aliphatic rings. The smallest absolute Gasteiger partial charge is 0.313 e. The second-order valence-electron chi connectivity index (χ2n) is 4.75. The molecule has 2 amide bonds. The molecule has 0 aromatic heterocycles. The zero-order valence-corrected chi connectivity index (χ0v) is 13.3. The Morgan fingerprint density at radius 2 is 2.10 bits per heavy atom. The number of rotatable bonds is 3. The van der Waals surface area contributed by atoms with E-state index in [1.165, 1.54) is 0 Å². The van der Waals surface area contributed by atoms with Crippen molar-refractivity contribution in [2.75, 3.05) is 11.9 Å². The summed E-state index contributed by atoms with van der Waals surface area (Å²) in [7, 11) is 0. The standard InChI is InChI=1S/C14H17IN2O3/c1-9(12-7-4-8-20-12)16-13(18)14(19)17-11-6-3-2-5-10(11)15/h2-3,5-6,9,12H,4,7-8H2,1H3,(H,16,18)(H,17,19)/t9-,12+/m1/s1. The first kappa shape index (κ1) is 15.2. The maximum atomic E-state index is 11.8. The molecule has 5 nitrogen and oxygen atoms in total. The molecule has 1 saturated heterocycles. The van der Waals surface area contributed by atoms with Crippen LogP contribution in [0.4, 0.5) is 5.69 Å². The van der Waals surface area contributed by atoms with Crippen LogP contribution >= 0.6 is 22.6 Å². The van der Waals surface area contributed by atoms with Crippen molar-refractivity contribution in [1.82, 2.24) is 5.32 Å². The Bertz CT molecular complexity index is 501. The second kappa shape index (κ2) is 7.03. The molecule has 108 valence electrons. The molecule has 0 spiro atoms. The molecule has 2 rings (SSSR count). The Morgan fingerprint density at radius 1 is 1.35 bits per heavy atom. The van der Waals surface area contributed by atoms with Crippen LogP contribution in [-0.4, -0.2) is 30.6 Å². The summed E-state index contributed by atoms with van der Waals surface area (Å²) in [4.78, 5) is 23.7. The van der Waals surface area contributed by atoms with Gasteiger partial charge in [-0.05, 0) is 54.5 Å². The van der Waals surface area contributed by atoms with Crippen LogP contribution in [0, 0.1) is 3.57 Å². The maximum Gasteiger partial charge on any atom is 0.313 e. The van der Waals surface area contributed by atoms with Gasteiger partial charge in [-0.1, -0.05) is 12.1 Å². The molecule has 2 atom stereocenters. The van der Waals surface area contributed by atoms with E-state index in [4.69, 9.17) is 4.74 Å². The largest absolute Gasteiger partial charge is 0.376 e. The number of benzene rings is 1. The molecule has 0 radical (unpaired) electrons. The lowest BCUT2D eigenvalue weighted by Gasteiger charge is -2.19. The highest BCUT2D eigenvalue weighted by atomic mass is 127. The van der Waals surface area contributed by atoms with Crippen LogP contribution in [0.2, 0.25) is 0 Å². The SMILES string of the molecule is C[C@@H](NC(=O)C(=O)Nc1ccccc1I)[C@@H]1CCCO1. The van der Waals surface area contributed by atoms with E-state index in [9.17, 15) is 9.59 Å². The quantitative estimate of drug-likeness (QED) is 0.614. The van der Waals surface area contributed by atoms with Gasteiger partial charge in [0.1, 0.15) is 0 Å². The highest BCUT2D eigenvalue weighted by molar-refractivity contribution is 14.1. The molecule has 0 aliphatic carbocycles. The van der Waals surface area contributed by atoms with Crippen molar-refractivity contribution in [1.29, 1.82) is 0 Å². The van der Waals surface area contributed by atoms with Crippen LogP contribution in [0.3, 0.4) is 0 Å². The summed E-state index contributed by atoms with van der Waals surface area (Å²) < 4.78 is 6.37. The normalized spacial score (nSPS) is 19.4. The van der Waals surface area contributed by atoms with E-state index in [1.54, 1.807) is 6.07 Å². The molecule has 1 aromatic carbocycles. The number of amides is 2. The minimum Gasteiger partial charge on any atom is -0.376 e. The fourth-order valence-electron chi connectivity index (χ4n) is 2.10. The van der Waals surface area contributed by atoms with E-state index in [0.29, 0.717) is 5.69 Å². The molecule has 1 fully saturated rings. The van der Waals surface area contributed by atoms with Crippen LogP contribution < -0.4 is 10.6 Å². The molecule has 0 unspecified atom stereocenters. The Kier molecular flexibility index (Phi) is 5.36. The van der Waals surface area contributed by atoms with Gasteiger partial charge in [-0.15, -0.1) is 0 Å². The predicted molar refractivity (Wildman–Crippen MR) is 84.4 cm³/mol. The molecule has 0 bridgehead atoms. The minimum absolute atomic E-state index is 0.00334. The first-order valence-corrected chi connectivity index (χ1v) is 7.64. The summed E-state index contributed by atoms with van der Waals surface area (Å²) in [6.07, 6.45) is 1.92. The molecule has 2 N–H and O–H groups in total. The van der Waals surface area contributed by atoms with Crippen LogP contribution in [0.5, 0.6) is 0 Å². The van der Waals surface area contributed by atoms with Crippen molar-refractivity contribution in [3.8, 4) is 0 Å². The van der Waals surface area contributed by atoms with E-state index in [-0.39, 0.29) is 12.1 Å². The predicted octanol–water partition coefficient (Wildman–Crippen LogP) is 1.91. The third-order valence-corrected chi connectivity index (χ3v) is 4.15. The molecule has 1 aromatic rings. The average Bonchev–Trinajstić information content (AvgIpc) is 2.95. The van der Waals surface area contributed by atoms with Gasteiger partial charge in [0.05, 0.1) is 17.8 Å². The number of anilines is 1. The second-order valence-corrected chi connectivity index (χ2v) is 5.91. The van der Waals surface area contributed by atoms with Crippen molar-refractivity contribution in [2.24, 2.45) is 0 Å². The number of hydrogen-bond donors (Lipinski definition) is 2. The van der Waals surface area contributed by atoms with Gasteiger partial charge in [0.2, 0.25) is 0 Å². The number of halogens is 1. The summed E-state index contributed by atoms with van der Waals surface area (Å²) in [5, 5.41) is 5.29. The molecule has 6 heteroatoms. The molecular weight excluding hydrogens is 371 g/mol. The van der Waals surface area contributed by atoms with Gasteiger partial charge in [-0.2, -0.15) is 0 Å². The van der Waals surface area contributed by atoms with Crippen molar-refractivity contribution >= 4 is 40.1 Å². The maximum absolute atomic E-state index is 11.8. The zero-order valence-electron chi connectivity index (χ0n) is 11.2. The lowest BCUT2D eigenvalue weighted by Crippen LogP contribution is -2.45. The number of para-hydroxylation sites is 1. The van der Waals surface area contributed by atoms with Gasteiger partial charge in [0, 0.05) is 10.2 Å². The number of hydrogen-bond acceptors (Lipinski definition) is 3. The van der Waals surface area contributed by atoms with Crippen molar-refractivity contribution in [2.45, 2.75) is 31.9 Å². The first-order valence-electron chi connectivity index (χ1n) is 6.56. The third-order valence-electron chi connectivity index (χ3n) is 3.21. The number of carbonyl (C=O) groups is 2. The van der Waals surface area contributed by atoms with Gasteiger partial charge in [-0.3, -0.25) is 9.59 Å². The number of ether oxygens (including phenoxy) is 1. The Balaban J connectivity index is 1.89. The third kappa shape index (κ3) is 3.92. The Morgan fingerprint density at radius 3 is 2.75 bits per heavy atom. The summed E-state index contributed by atoms with van der Waals surface area (Å²) >= 11 is 2.11. The molecule has 1 aliphatic heterocycles.